The highest BCUT2D eigenvalue weighted by atomic mass is 16.5. The molecule has 3 nitrogen and oxygen atoms in total. The highest BCUT2D eigenvalue weighted by molar-refractivity contribution is 5.70. The first-order valence-electron chi connectivity index (χ1n) is 6.45. The SMILES string of the molecule is CCOC(=O)CC(Cc1ccc(C)c(C)c1)NC. The summed E-state index contributed by atoms with van der Waals surface area (Å²) in [5.74, 6) is -0.138. The molecule has 1 rings (SSSR count). The third-order valence-corrected chi connectivity index (χ3v) is 3.18. The van der Waals surface area contributed by atoms with E-state index in [1.165, 1.54) is 16.7 Å². The fraction of sp³-hybridized carbons (Fsp3) is 0.533. The molecule has 1 N–H and O–H groups in total. The number of likely N-dealkylation sites (N-methyl/N-ethyl adjacent to an activating group) is 1. The van der Waals surface area contributed by atoms with E-state index in [1.807, 2.05) is 14.0 Å². The Balaban J connectivity index is 2.62. The summed E-state index contributed by atoms with van der Waals surface area (Å²) < 4.78 is 4.98. The third-order valence-electron chi connectivity index (χ3n) is 3.18. The molecule has 1 aromatic rings. The van der Waals surface area contributed by atoms with E-state index in [0.717, 1.165) is 6.42 Å². The molecule has 1 aromatic carbocycles. The lowest BCUT2D eigenvalue weighted by atomic mass is 9.99. The molecule has 1 atom stereocenters. The lowest BCUT2D eigenvalue weighted by Gasteiger charge is -2.16. The van der Waals surface area contributed by atoms with Crippen LogP contribution in [0.1, 0.15) is 30.0 Å². The zero-order chi connectivity index (χ0) is 13.5. The summed E-state index contributed by atoms with van der Waals surface area (Å²) in [6, 6.07) is 6.57. The van der Waals surface area contributed by atoms with Gasteiger partial charge in [0.15, 0.2) is 0 Å². The molecule has 0 radical (unpaired) electrons. The Morgan fingerprint density at radius 3 is 2.61 bits per heavy atom. The summed E-state index contributed by atoms with van der Waals surface area (Å²) in [5.41, 5.74) is 3.84. The number of aryl methyl sites for hydroxylation is 2. The Labute approximate surface area is 110 Å². The van der Waals surface area contributed by atoms with Crippen LogP contribution < -0.4 is 5.32 Å². The summed E-state index contributed by atoms with van der Waals surface area (Å²) in [4.78, 5) is 11.5. The topological polar surface area (TPSA) is 38.3 Å². The minimum absolute atomic E-state index is 0.131. The third kappa shape index (κ3) is 4.49. The maximum absolute atomic E-state index is 11.5. The molecule has 0 aliphatic carbocycles. The van der Waals surface area contributed by atoms with Crippen molar-refractivity contribution in [3.05, 3.63) is 34.9 Å². The molecule has 0 bridgehead atoms. The Morgan fingerprint density at radius 2 is 2.06 bits per heavy atom. The number of nitrogens with one attached hydrogen (secondary N) is 1. The van der Waals surface area contributed by atoms with Crippen LogP contribution in [-0.2, 0) is 16.0 Å². The zero-order valence-corrected chi connectivity index (χ0v) is 11.7. The second-order valence-electron chi connectivity index (χ2n) is 4.62. The van der Waals surface area contributed by atoms with Gasteiger partial charge < -0.3 is 10.1 Å². The molecule has 18 heavy (non-hydrogen) atoms. The van der Waals surface area contributed by atoms with E-state index in [4.69, 9.17) is 4.74 Å². The minimum Gasteiger partial charge on any atom is -0.466 e. The van der Waals surface area contributed by atoms with Gasteiger partial charge in [-0.1, -0.05) is 18.2 Å². The number of hydrogen-bond acceptors (Lipinski definition) is 3. The van der Waals surface area contributed by atoms with Gasteiger partial charge in [-0.25, -0.2) is 0 Å². The Hall–Kier alpha value is -1.35. The van der Waals surface area contributed by atoms with Crippen molar-refractivity contribution in [1.82, 2.24) is 5.32 Å². The normalized spacial score (nSPS) is 12.2. The standard InChI is InChI=1S/C15H23NO2/c1-5-18-15(17)10-14(16-4)9-13-7-6-11(2)12(3)8-13/h6-8,14,16H,5,9-10H2,1-4H3. The Bertz CT molecular complexity index is 401. The number of ether oxygens (including phenoxy) is 1. The van der Waals surface area contributed by atoms with Crippen LogP contribution in [0.15, 0.2) is 18.2 Å². The van der Waals surface area contributed by atoms with Crippen LogP contribution >= 0.6 is 0 Å². The molecule has 3 heteroatoms. The van der Waals surface area contributed by atoms with Gasteiger partial charge in [0.1, 0.15) is 0 Å². The second kappa shape index (κ2) is 7.17. The fourth-order valence-corrected chi connectivity index (χ4v) is 1.91. The largest absolute Gasteiger partial charge is 0.466 e. The molecule has 0 aromatic heterocycles. The molecule has 0 fully saturated rings. The van der Waals surface area contributed by atoms with Crippen LogP contribution in [-0.4, -0.2) is 25.7 Å². The number of hydrogen-bond donors (Lipinski definition) is 1. The molecule has 0 saturated carbocycles. The van der Waals surface area contributed by atoms with Gasteiger partial charge in [-0.2, -0.15) is 0 Å². The summed E-state index contributed by atoms with van der Waals surface area (Å²) in [5, 5.41) is 3.17. The first-order chi connectivity index (χ1) is 8.56. The van der Waals surface area contributed by atoms with E-state index in [9.17, 15) is 4.79 Å². The van der Waals surface area contributed by atoms with E-state index < -0.39 is 0 Å². The van der Waals surface area contributed by atoms with Crippen LogP contribution in [0.5, 0.6) is 0 Å². The van der Waals surface area contributed by atoms with Crippen LogP contribution in [0.4, 0.5) is 0 Å². The molecule has 100 valence electrons. The van der Waals surface area contributed by atoms with Crippen molar-refractivity contribution in [2.45, 2.75) is 39.7 Å². The van der Waals surface area contributed by atoms with Gasteiger partial charge in [0.25, 0.3) is 0 Å². The van der Waals surface area contributed by atoms with E-state index in [-0.39, 0.29) is 12.0 Å². The number of benzene rings is 1. The van der Waals surface area contributed by atoms with Gasteiger partial charge in [-0.05, 0) is 50.9 Å². The van der Waals surface area contributed by atoms with Gasteiger partial charge in [0.2, 0.25) is 0 Å². The summed E-state index contributed by atoms with van der Waals surface area (Å²) >= 11 is 0. The number of carbonyl (C=O) groups is 1. The van der Waals surface area contributed by atoms with Crippen molar-refractivity contribution in [2.24, 2.45) is 0 Å². The molecule has 0 heterocycles. The van der Waals surface area contributed by atoms with Crippen molar-refractivity contribution in [2.75, 3.05) is 13.7 Å². The summed E-state index contributed by atoms with van der Waals surface area (Å²) in [6.45, 7) is 6.49. The molecule has 0 spiro atoms. The summed E-state index contributed by atoms with van der Waals surface area (Å²) in [7, 11) is 1.88. The maximum Gasteiger partial charge on any atom is 0.307 e. The molecule has 0 saturated heterocycles. The first-order valence-corrected chi connectivity index (χ1v) is 6.45. The average molecular weight is 249 g/mol. The fourth-order valence-electron chi connectivity index (χ4n) is 1.91. The number of carbonyl (C=O) groups excluding carboxylic acids is 1. The highest BCUT2D eigenvalue weighted by Gasteiger charge is 2.13. The van der Waals surface area contributed by atoms with Crippen molar-refractivity contribution in [3.8, 4) is 0 Å². The van der Waals surface area contributed by atoms with Gasteiger partial charge in [-0.15, -0.1) is 0 Å². The quantitative estimate of drug-likeness (QED) is 0.787. The van der Waals surface area contributed by atoms with Crippen molar-refractivity contribution >= 4 is 5.97 Å². The second-order valence-corrected chi connectivity index (χ2v) is 4.62. The van der Waals surface area contributed by atoms with E-state index in [0.29, 0.717) is 13.0 Å². The maximum atomic E-state index is 11.5. The van der Waals surface area contributed by atoms with Crippen LogP contribution in [0, 0.1) is 13.8 Å². The van der Waals surface area contributed by atoms with Crippen molar-refractivity contribution < 1.29 is 9.53 Å². The van der Waals surface area contributed by atoms with Gasteiger partial charge >= 0.3 is 5.97 Å². The highest BCUT2D eigenvalue weighted by Crippen LogP contribution is 2.12. The Morgan fingerprint density at radius 1 is 1.33 bits per heavy atom. The van der Waals surface area contributed by atoms with Gasteiger partial charge in [-0.3, -0.25) is 4.79 Å². The molecular formula is C15H23NO2. The first kappa shape index (κ1) is 14.7. The lowest BCUT2D eigenvalue weighted by molar-refractivity contribution is -0.143. The molecular weight excluding hydrogens is 226 g/mol. The minimum atomic E-state index is -0.138. The predicted octanol–water partition coefficient (Wildman–Crippen LogP) is 2.39. The van der Waals surface area contributed by atoms with Crippen molar-refractivity contribution in [3.63, 3.8) is 0 Å². The van der Waals surface area contributed by atoms with Crippen LogP contribution in [0.3, 0.4) is 0 Å². The van der Waals surface area contributed by atoms with E-state index in [1.54, 1.807) is 0 Å². The summed E-state index contributed by atoms with van der Waals surface area (Å²) in [6.07, 6.45) is 1.26. The van der Waals surface area contributed by atoms with Gasteiger partial charge in [0.05, 0.1) is 13.0 Å². The smallest absolute Gasteiger partial charge is 0.307 e. The number of esters is 1. The molecule has 1 unspecified atom stereocenters. The molecule has 0 amide bonds. The average Bonchev–Trinajstić information content (AvgIpc) is 2.33. The zero-order valence-electron chi connectivity index (χ0n) is 11.7. The Kier molecular flexibility index (Phi) is 5.86. The van der Waals surface area contributed by atoms with E-state index >= 15 is 0 Å². The number of rotatable bonds is 6. The molecule has 0 aliphatic heterocycles. The lowest BCUT2D eigenvalue weighted by Crippen LogP contribution is -2.31. The van der Waals surface area contributed by atoms with Crippen LogP contribution in [0.25, 0.3) is 0 Å². The predicted molar refractivity (Wildman–Crippen MR) is 73.7 cm³/mol. The molecule has 0 aliphatic rings. The van der Waals surface area contributed by atoms with E-state index in [2.05, 4.69) is 37.4 Å². The van der Waals surface area contributed by atoms with Gasteiger partial charge in [0, 0.05) is 6.04 Å². The van der Waals surface area contributed by atoms with Crippen LogP contribution in [0.2, 0.25) is 0 Å². The van der Waals surface area contributed by atoms with Crippen molar-refractivity contribution in [1.29, 1.82) is 0 Å². The monoisotopic (exact) mass is 249 g/mol.